The van der Waals surface area contributed by atoms with Gasteiger partial charge in [-0.2, -0.15) is 0 Å². The highest BCUT2D eigenvalue weighted by Gasteiger charge is 2.10. The summed E-state index contributed by atoms with van der Waals surface area (Å²) in [5.41, 5.74) is 1.53. The highest BCUT2D eigenvalue weighted by atomic mass is 35.5. The van der Waals surface area contributed by atoms with Crippen LogP contribution in [0.15, 0.2) is 24.3 Å². The molecule has 0 aliphatic carbocycles. The van der Waals surface area contributed by atoms with E-state index in [2.05, 4.69) is 4.98 Å². The van der Waals surface area contributed by atoms with Gasteiger partial charge in [-0.25, -0.2) is 9.78 Å². The number of carboxylic acid groups (broad SMARTS) is 1. The van der Waals surface area contributed by atoms with Crippen molar-refractivity contribution in [2.75, 3.05) is 0 Å². The Morgan fingerprint density at radius 3 is 2.87 bits per heavy atom. The van der Waals surface area contributed by atoms with E-state index in [1.165, 1.54) is 6.07 Å². The Balaban J connectivity index is 2.85. The predicted molar refractivity (Wildman–Crippen MR) is 58.4 cm³/mol. The van der Waals surface area contributed by atoms with Gasteiger partial charge in [0, 0.05) is 5.39 Å². The number of carbonyl (C=O) groups is 1. The SMILES string of the molecule is Cc1cccc2c(Cl)cc(C(=O)O)nc12. The van der Waals surface area contributed by atoms with Crippen LogP contribution in [0.2, 0.25) is 5.02 Å². The van der Waals surface area contributed by atoms with Gasteiger partial charge in [0.15, 0.2) is 0 Å². The first-order chi connectivity index (χ1) is 7.09. The van der Waals surface area contributed by atoms with Crippen LogP contribution in [0.5, 0.6) is 0 Å². The number of para-hydroxylation sites is 1. The average Bonchev–Trinajstić information content (AvgIpc) is 2.19. The molecule has 0 spiro atoms. The van der Waals surface area contributed by atoms with E-state index in [-0.39, 0.29) is 5.69 Å². The van der Waals surface area contributed by atoms with E-state index >= 15 is 0 Å². The Bertz CT molecular complexity index is 552. The van der Waals surface area contributed by atoms with Gasteiger partial charge < -0.3 is 5.11 Å². The van der Waals surface area contributed by atoms with Crippen LogP contribution in [0, 0.1) is 6.92 Å². The highest BCUT2D eigenvalue weighted by Crippen LogP contribution is 2.25. The number of aryl methyl sites for hydroxylation is 1. The molecule has 0 saturated heterocycles. The molecule has 2 rings (SSSR count). The van der Waals surface area contributed by atoms with E-state index in [4.69, 9.17) is 16.7 Å². The lowest BCUT2D eigenvalue weighted by Gasteiger charge is -2.04. The molecule has 2 aromatic rings. The van der Waals surface area contributed by atoms with Crippen LogP contribution in [-0.4, -0.2) is 16.1 Å². The van der Waals surface area contributed by atoms with Crippen molar-refractivity contribution >= 4 is 28.5 Å². The van der Waals surface area contributed by atoms with Crippen molar-refractivity contribution in [2.24, 2.45) is 0 Å². The van der Waals surface area contributed by atoms with Crippen LogP contribution in [0.4, 0.5) is 0 Å². The highest BCUT2D eigenvalue weighted by molar-refractivity contribution is 6.35. The Morgan fingerprint density at radius 2 is 2.20 bits per heavy atom. The Morgan fingerprint density at radius 1 is 1.47 bits per heavy atom. The molecule has 0 amide bonds. The maximum atomic E-state index is 10.8. The number of fused-ring (bicyclic) bond motifs is 1. The van der Waals surface area contributed by atoms with Crippen LogP contribution in [-0.2, 0) is 0 Å². The molecule has 0 atom stereocenters. The van der Waals surface area contributed by atoms with Crippen molar-refractivity contribution in [1.29, 1.82) is 0 Å². The number of nitrogens with zero attached hydrogens (tertiary/aromatic N) is 1. The van der Waals surface area contributed by atoms with Gasteiger partial charge in [-0.15, -0.1) is 0 Å². The predicted octanol–water partition coefficient (Wildman–Crippen LogP) is 2.89. The minimum Gasteiger partial charge on any atom is -0.477 e. The fourth-order valence-corrected chi connectivity index (χ4v) is 1.72. The monoisotopic (exact) mass is 221 g/mol. The fraction of sp³-hybridized carbons (Fsp3) is 0.0909. The maximum Gasteiger partial charge on any atom is 0.354 e. The number of halogens is 1. The minimum atomic E-state index is -1.07. The molecule has 0 aliphatic rings. The molecule has 0 bridgehead atoms. The molecule has 0 unspecified atom stereocenters. The molecule has 15 heavy (non-hydrogen) atoms. The third-order valence-corrected chi connectivity index (χ3v) is 2.52. The average molecular weight is 222 g/mol. The second-order valence-corrected chi connectivity index (χ2v) is 3.67. The van der Waals surface area contributed by atoms with Gasteiger partial charge in [-0.05, 0) is 18.6 Å². The Hall–Kier alpha value is -1.61. The Kier molecular flexibility index (Phi) is 2.32. The molecule has 0 saturated carbocycles. The molecule has 4 heteroatoms. The number of hydrogen-bond donors (Lipinski definition) is 1. The molecule has 1 heterocycles. The summed E-state index contributed by atoms with van der Waals surface area (Å²) in [5, 5.41) is 10.0. The summed E-state index contributed by atoms with van der Waals surface area (Å²) in [4.78, 5) is 14.8. The van der Waals surface area contributed by atoms with Gasteiger partial charge in [-0.1, -0.05) is 29.8 Å². The number of carboxylic acids is 1. The second kappa shape index (κ2) is 3.51. The largest absolute Gasteiger partial charge is 0.477 e. The van der Waals surface area contributed by atoms with E-state index in [0.717, 1.165) is 10.9 Å². The summed E-state index contributed by atoms with van der Waals surface area (Å²) in [6, 6.07) is 6.93. The molecule has 3 nitrogen and oxygen atoms in total. The molecule has 1 aromatic heterocycles. The standard InChI is InChI=1S/C11H8ClNO2/c1-6-3-2-4-7-8(12)5-9(11(14)15)13-10(6)7/h2-5H,1H3,(H,14,15). The van der Waals surface area contributed by atoms with Crippen LogP contribution in [0.3, 0.4) is 0 Å². The van der Waals surface area contributed by atoms with Crippen molar-refractivity contribution in [1.82, 2.24) is 4.98 Å². The second-order valence-electron chi connectivity index (χ2n) is 3.27. The quantitative estimate of drug-likeness (QED) is 0.806. The zero-order valence-electron chi connectivity index (χ0n) is 7.99. The Labute approximate surface area is 91.3 Å². The number of aromatic nitrogens is 1. The van der Waals surface area contributed by atoms with Gasteiger partial charge in [0.2, 0.25) is 0 Å². The fourth-order valence-electron chi connectivity index (χ4n) is 1.46. The number of pyridine rings is 1. The number of rotatable bonds is 1. The molecule has 1 N–H and O–H groups in total. The zero-order valence-corrected chi connectivity index (χ0v) is 8.75. The van der Waals surface area contributed by atoms with E-state index in [0.29, 0.717) is 10.5 Å². The summed E-state index contributed by atoms with van der Waals surface area (Å²) >= 11 is 5.97. The van der Waals surface area contributed by atoms with Crippen molar-refractivity contribution in [2.45, 2.75) is 6.92 Å². The molecule has 0 radical (unpaired) electrons. The lowest BCUT2D eigenvalue weighted by atomic mass is 10.1. The van der Waals surface area contributed by atoms with Crippen LogP contribution in [0.25, 0.3) is 10.9 Å². The van der Waals surface area contributed by atoms with Crippen molar-refractivity contribution in [3.8, 4) is 0 Å². The van der Waals surface area contributed by atoms with E-state index in [1.807, 2.05) is 25.1 Å². The topological polar surface area (TPSA) is 50.2 Å². The van der Waals surface area contributed by atoms with Crippen LogP contribution < -0.4 is 0 Å². The summed E-state index contributed by atoms with van der Waals surface area (Å²) in [6.07, 6.45) is 0. The normalized spacial score (nSPS) is 10.5. The number of hydrogen-bond acceptors (Lipinski definition) is 2. The van der Waals surface area contributed by atoms with Gasteiger partial charge in [-0.3, -0.25) is 0 Å². The van der Waals surface area contributed by atoms with Crippen molar-refractivity contribution < 1.29 is 9.90 Å². The van der Waals surface area contributed by atoms with Crippen molar-refractivity contribution in [3.63, 3.8) is 0 Å². The smallest absolute Gasteiger partial charge is 0.354 e. The molecular weight excluding hydrogens is 214 g/mol. The van der Waals surface area contributed by atoms with Crippen molar-refractivity contribution in [3.05, 3.63) is 40.5 Å². The third-order valence-electron chi connectivity index (χ3n) is 2.21. The lowest BCUT2D eigenvalue weighted by Crippen LogP contribution is -2.01. The van der Waals surface area contributed by atoms with E-state index < -0.39 is 5.97 Å². The summed E-state index contributed by atoms with van der Waals surface area (Å²) in [6.45, 7) is 1.87. The van der Waals surface area contributed by atoms with Gasteiger partial charge >= 0.3 is 5.97 Å². The zero-order chi connectivity index (χ0) is 11.0. The van der Waals surface area contributed by atoms with Gasteiger partial charge in [0.25, 0.3) is 0 Å². The van der Waals surface area contributed by atoms with Crippen LogP contribution >= 0.6 is 11.6 Å². The summed E-state index contributed by atoms with van der Waals surface area (Å²) < 4.78 is 0. The summed E-state index contributed by atoms with van der Waals surface area (Å²) in [5.74, 6) is -1.07. The number of aromatic carboxylic acids is 1. The van der Waals surface area contributed by atoms with E-state index in [1.54, 1.807) is 0 Å². The number of benzene rings is 1. The minimum absolute atomic E-state index is 0.0261. The third kappa shape index (κ3) is 1.66. The summed E-state index contributed by atoms with van der Waals surface area (Å²) in [7, 11) is 0. The first-order valence-corrected chi connectivity index (χ1v) is 4.76. The first kappa shape index (κ1) is 9.93. The molecule has 0 fully saturated rings. The first-order valence-electron chi connectivity index (χ1n) is 4.39. The van der Waals surface area contributed by atoms with Gasteiger partial charge in [0.1, 0.15) is 5.69 Å². The maximum absolute atomic E-state index is 10.8. The molecule has 1 aromatic carbocycles. The van der Waals surface area contributed by atoms with E-state index in [9.17, 15) is 4.79 Å². The molecule has 0 aliphatic heterocycles. The van der Waals surface area contributed by atoms with Gasteiger partial charge in [0.05, 0.1) is 10.5 Å². The van der Waals surface area contributed by atoms with Crippen LogP contribution in [0.1, 0.15) is 16.1 Å². The molecular formula is C11H8ClNO2. The lowest BCUT2D eigenvalue weighted by molar-refractivity contribution is 0.0691. The molecule has 76 valence electrons.